The molecule has 3 rings (SSSR count). The smallest absolute Gasteiger partial charge is 0.193 e. The van der Waals surface area contributed by atoms with E-state index in [1.165, 1.54) is 11.1 Å². The molecule has 0 radical (unpaired) electrons. The van der Waals surface area contributed by atoms with Crippen molar-refractivity contribution in [2.75, 3.05) is 27.2 Å². The van der Waals surface area contributed by atoms with Gasteiger partial charge in [-0.05, 0) is 23.3 Å². The first kappa shape index (κ1) is 22.7. The lowest BCUT2D eigenvalue weighted by Crippen LogP contribution is -2.40. The molecule has 6 nitrogen and oxygen atoms in total. The number of hydrogen-bond donors (Lipinski definition) is 1. The van der Waals surface area contributed by atoms with E-state index in [4.69, 9.17) is 4.74 Å². The molecule has 3 aromatic rings. The number of nitrogens with one attached hydrogen (secondary N) is 1. The summed E-state index contributed by atoms with van der Waals surface area (Å²) in [6.45, 7) is 2.88. The summed E-state index contributed by atoms with van der Waals surface area (Å²) in [5.74, 6) is 1.73. The number of halogens is 1. The van der Waals surface area contributed by atoms with E-state index in [-0.39, 0.29) is 24.0 Å². The molecule has 7 heteroatoms. The van der Waals surface area contributed by atoms with Crippen molar-refractivity contribution in [3.8, 4) is 5.75 Å². The number of likely N-dealkylation sites (N-methyl/N-ethyl adjacent to an activating group) is 1. The summed E-state index contributed by atoms with van der Waals surface area (Å²) in [4.78, 5) is 10.5. The van der Waals surface area contributed by atoms with Crippen molar-refractivity contribution < 1.29 is 4.74 Å². The van der Waals surface area contributed by atoms with Gasteiger partial charge in [0.25, 0.3) is 0 Å². The first-order valence-electron chi connectivity index (χ1n) is 9.38. The lowest BCUT2D eigenvalue weighted by Gasteiger charge is -2.22. The number of aliphatic imine (C=N–C) groups is 1. The number of aromatic nitrogens is 2. The number of para-hydroxylation sites is 1. The summed E-state index contributed by atoms with van der Waals surface area (Å²) in [5.41, 5.74) is 2.46. The Morgan fingerprint density at radius 1 is 1.14 bits per heavy atom. The van der Waals surface area contributed by atoms with E-state index < -0.39 is 0 Å². The van der Waals surface area contributed by atoms with E-state index >= 15 is 0 Å². The number of nitrogens with zero attached hydrogens (tertiary/aromatic N) is 4. The monoisotopic (exact) mass is 505 g/mol. The van der Waals surface area contributed by atoms with E-state index in [0.717, 1.165) is 24.8 Å². The van der Waals surface area contributed by atoms with Crippen molar-refractivity contribution in [3.63, 3.8) is 0 Å². The van der Waals surface area contributed by atoms with Gasteiger partial charge in [-0.25, -0.2) is 4.98 Å². The van der Waals surface area contributed by atoms with E-state index in [1.54, 1.807) is 13.2 Å². The van der Waals surface area contributed by atoms with Crippen LogP contribution in [0.5, 0.6) is 5.75 Å². The summed E-state index contributed by atoms with van der Waals surface area (Å²) in [5, 5.41) is 3.42. The first-order valence-corrected chi connectivity index (χ1v) is 9.38. The van der Waals surface area contributed by atoms with Crippen LogP contribution in [0.3, 0.4) is 0 Å². The number of guanidine groups is 1. The minimum atomic E-state index is 0. The molecule has 0 aliphatic rings. The normalized spacial score (nSPS) is 10.9. The van der Waals surface area contributed by atoms with Crippen LogP contribution >= 0.6 is 24.0 Å². The Bertz CT molecular complexity index is 868. The second-order valence-corrected chi connectivity index (χ2v) is 6.54. The van der Waals surface area contributed by atoms with Gasteiger partial charge in [0, 0.05) is 39.6 Å². The molecule has 0 aliphatic carbocycles. The lowest BCUT2D eigenvalue weighted by atomic mass is 10.1. The highest BCUT2D eigenvalue weighted by molar-refractivity contribution is 14.0. The average Bonchev–Trinajstić information content (AvgIpc) is 3.22. The highest BCUT2D eigenvalue weighted by atomic mass is 127. The van der Waals surface area contributed by atoms with Crippen molar-refractivity contribution >= 4 is 29.9 Å². The molecule has 0 saturated heterocycles. The summed E-state index contributed by atoms with van der Waals surface area (Å²) in [6.07, 6.45) is 5.60. The minimum absolute atomic E-state index is 0. The van der Waals surface area contributed by atoms with E-state index in [9.17, 15) is 0 Å². The molecule has 2 aromatic carbocycles. The molecule has 29 heavy (non-hydrogen) atoms. The third kappa shape index (κ3) is 7.41. The molecule has 0 spiro atoms. The number of ether oxygens (including phenoxy) is 1. The molecule has 0 unspecified atom stereocenters. The Labute approximate surface area is 189 Å². The van der Waals surface area contributed by atoms with Crippen LogP contribution in [-0.2, 0) is 13.1 Å². The predicted octanol–water partition coefficient (Wildman–Crippen LogP) is 3.64. The summed E-state index contributed by atoms with van der Waals surface area (Å²) < 4.78 is 7.83. The molecule has 1 aromatic heterocycles. The van der Waals surface area contributed by atoms with Gasteiger partial charge in [0.2, 0.25) is 0 Å². The van der Waals surface area contributed by atoms with Gasteiger partial charge in [0.05, 0.1) is 12.9 Å². The molecule has 0 fully saturated rings. The molecule has 0 amide bonds. The zero-order valence-corrected chi connectivity index (χ0v) is 19.2. The standard InChI is InChI=1S/C22H27N5O.HI/c1-23-22(26(2)13-14-28-21-9-4-3-5-10-21)25-16-19-7-6-8-20(15-19)17-27-12-11-24-18-27;/h3-12,15,18H,13-14,16-17H2,1-2H3,(H,23,25);1H. The van der Waals surface area contributed by atoms with Crippen LogP contribution in [0.1, 0.15) is 11.1 Å². The Hall–Kier alpha value is -2.55. The number of hydrogen-bond acceptors (Lipinski definition) is 3. The molecule has 0 atom stereocenters. The second-order valence-electron chi connectivity index (χ2n) is 6.54. The zero-order valence-electron chi connectivity index (χ0n) is 16.9. The van der Waals surface area contributed by atoms with Gasteiger partial charge in [0.1, 0.15) is 12.4 Å². The second kappa shape index (κ2) is 12.1. The van der Waals surface area contributed by atoms with Crippen LogP contribution in [0.4, 0.5) is 0 Å². The molecule has 154 valence electrons. The predicted molar refractivity (Wildman–Crippen MR) is 128 cm³/mol. The quantitative estimate of drug-likeness (QED) is 0.289. The molecule has 0 aliphatic heterocycles. The third-order valence-electron chi connectivity index (χ3n) is 4.38. The molecular formula is C22H28IN5O. The van der Waals surface area contributed by atoms with E-state index in [0.29, 0.717) is 13.2 Å². The van der Waals surface area contributed by atoms with Crippen molar-refractivity contribution in [2.45, 2.75) is 13.1 Å². The first-order chi connectivity index (χ1) is 13.7. The van der Waals surface area contributed by atoms with Gasteiger partial charge in [-0.2, -0.15) is 0 Å². The zero-order chi connectivity index (χ0) is 19.6. The highest BCUT2D eigenvalue weighted by Gasteiger charge is 2.06. The van der Waals surface area contributed by atoms with Crippen LogP contribution < -0.4 is 10.1 Å². The summed E-state index contributed by atoms with van der Waals surface area (Å²) in [6, 6.07) is 18.4. The Kier molecular flexibility index (Phi) is 9.49. The maximum atomic E-state index is 5.77. The Morgan fingerprint density at radius 3 is 2.66 bits per heavy atom. The molecular weight excluding hydrogens is 477 g/mol. The number of imidazole rings is 1. The Morgan fingerprint density at radius 2 is 1.93 bits per heavy atom. The number of benzene rings is 2. The van der Waals surface area contributed by atoms with Crippen LogP contribution in [-0.4, -0.2) is 47.7 Å². The average molecular weight is 505 g/mol. The van der Waals surface area contributed by atoms with Gasteiger partial charge in [-0.3, -0.25) is 4.99 Å². The van der Waals surface area contributed by atoms with Crippen molar-refractivity contribution in [1.82, 2.24) is 19.8 Å². The fraction of sp³-hybridized carbons (Fsp3) is 0.273. The SMILES string of the molecule is CN=C(NCc1cccc(Cn2ccnc2)c1)N(C)CCOc1ccccc1.I. The van der Waals surface area contributed by atoms with Crippen molar-refractivity contribution in [1.29, 1.82) is 0 Å². The van der Waals surface area contributed by atoms with Gasteiger partial charge < -0.3 is 19.5 Å². The van der Waals surface area contributed by atoms with Crippen molar-refractivity contribution in [3.05, 3.63) is 84.4 Å². The molecule has 1 N–H and O–H groups in total. The van der Waals surface area contributed by atoms with Gasteiger partial charge in [0.15, 0.2) is 5.96 Å². The Balaban J connectivity index is 0.00000300. The minimum Gasteiger partial charge on any atom is -0.492 e. The van der Waals surface area contributed by atoms with Gasteiger partial charge in [-0.1, -0.05) is 42.5 Å². The van der Waals surface area contributed by atoms with Crippen LogP contribution in [0, 0.1) is 0 Å². The van der Waals surface area contributed by atoms with E-state index in [2.05, 4.69) is 49.0 Å². The van der Waals surface area contributed by atoms with Crippen LogP contribution in [0.2, 0.25) is 0 Å². The largest absolute Gasteiger partial charge is 0.492 e. The fourth-order valence-electron chi connectivity index (χ4n) is 2.92. The van der Waals surface area contributed by atoms with Crippen LogP contribution in [0.15, 0.2) is 78.3 Å². The lowest BCUT2D eigenvalue weighted by molar-refractivity contribution is 0.281. The highest BCUT2D eigenvalue weighted by Crippen LogP contribution is 2.09. The number of rotatable bonds is 8. The van der Waals surface area contributed by atoms with Crippen molar-refractivity contribution in [2.24, 2.45) is 4.99 Å². The van der Waals surface area contributed by atoms with E-state index in [1.807, 2.05) is 49.9 Å². The fourth-order valence-corrected chi connectivity index (χ4v) is 2.92. The van der Waals surface area contributed by atoms with Crippen LogP contribution in [0.25, 0.3) is 0 Å². The van der Waals surface area contributed by atoms with Gasteiger partial charge in [-0.15, -0.1) is 24.0 Å². The summed E-state index contributed by atoms with van der Waals surface area (Å²) >= 11 is 0. The summed E-state index contributed by atoms with van der Waals surface area (Å²) in [7, 11) is 3.81. The maximum absolute atomic E-state index is 5.77. The topological polar surface area (TPSA) is 54.7 Å². The molecule has 0 bridgehead atoms. The molecule has 1 heterocycles. The third-order valence-corrected chi connectivity index (χ3v) is 4.38. The maximum Gasteiger partial charge on any atom is 0.193 e. The van der Waals surface area contributed by atoms with Gasteiger partial charge >= 0.3 is 0 Å². The molecule has 0 saturated carbocycles.